The Labute approximate surface area is 67.9 Å². The standard InChI is InChI=1S/C10H13N/c1-7(11-2)10-6-8-3-4-9(10)5-8/h3-4,7-10H,5-6H2,1H3. The van der Waals surface area contributed by atoms with E-state index >= 15 is 0 Å². The molecule has 1 nitrogen and oxygen atoms in total. The molecule has 0 aromatic carbocycles. The van der Waals surface area contributed by atoms with E-state index in [1.54, 1.807) is 0 Å². The number of nitrogens with zero attached hydrogens (tertiary/aromatic N) is 1. The van der Waals surface area contributed by atoms with Crippen molar-refractivity contribution < 1.29 is 0 Å². The molecule has 0 N–H and O–H groups in total. The van der Waals surface area contributed by atoms with Gasteiger partial charge in [0.05, 0.1) is 0 Å². The Morgan fingerprint density at radius 1 is 1.45 bits per heavy atom. The van der Waals surface area contributed by atoms with E-state index in [2.05, 4.69) is 23.9 Å². The lowest BCUT2D eigenvalue weighted by Gasteiger charge is -2.16. The lowest BCUT2D eigenvalue weighted by Crippen LogP contribution is -2.17. The Morgan fingerprint density at radius 2 is 2.27 bits per heavy atom. The van der Waals surface area contributed by atoms with Crippen LogP contribution in [0.5, 0.6) is 0 Å². The van der Waals surface area contributed by atoms with E-state index in [-0.39, 0.29) is 6.04 Å². The Morgan fingerprint density at radius 3 is 2.73 bits per heavy atom. The second-order valence-corrected chi connectivity index (χ2v) is 3.81. The zero-order valence-corrected chi connectivity index (χ0v) is 6.83. The molecule has 11 heavy (non-hydrogen) atoms. The lowest BCUT2D eigenvalue weighted by molar-refractivity contribution is 0.414. The van der Waals surface area contributed by atoms with E-state index in [0.717, 1.165) is 11.8 Å². The van der Waals surface area contributed by atoms with Gasteiger partial charge < -0.3 is 4.85 Å². The molecule has 1 saturated carbocycles. The van der Waals surface area contributed by atoms with E-state index in [9.17, 15) is 0 Å². The molecule has 0 aromatic rings. The molecule has 0 heterocycles. The van der Waals surface area contributed by atoms with E-state index < -0.39 is 0 Å². The maximum absolute atomic E-state index is 6.95. The molecule has 2 rings (SSSR count). The first-order valence-electron chi connectivity index (χ1n) is 4.36. The van der Waals surface area contributed by atoms with Crippen LogP contribution in [-0.2, 0) is 0 Å². The van der Waals surface area contributed by atoms with Crippen molar-refractivity contribution in [1.29, 1.82) is 0 Å². The fourth-order valence-corrected chi connectivity index (χ4v) is 2.47. The second kappa shape index (κ2) is 2.37. The molecule has 0 amide bonds. The monoisotopic (exact) mass is 147 g/mol. The van der Waals surface area contributed by atoms with Gasteiger partial charge in [0.25, 0.3) is 0 Å². The first-order valence-corrected chi connectivity index (χ1v) is 4.36. The van der Waals surface area contributed by atoms with Crippen LogP contribution in [0.15, 0.2) is 12.2 Å². The first kappa shape index (κ1) is 6.91. The molecule has 2 aliphatic carbocycles. The Hall–Kier alpha value is -0.770. The molecule has 2 bridgehead atoms. The molecule has 0 aromatic heterocycles. The van der Waals surface area contributed by atoms with Crippen molar-refractivity contribution in [3.63, 3.8) is 0 Å². The number of allylic oxidation sites excluding steroid dienone is 2. The minimum absolute atomic E-state index is 0.245. The molecular weight excluding hydrogens is 134 g/mol. The van der Waals surface area contributed by atoms with E-state index in [4.69, 9.17) is 6.57 Å². The van der Waals surface area contributed by atoms with Crippen molar-refractivity contribution in [1.82, 2.24) is 0 Å². The van der Waals surface area contributed by atoms with Gasteiger partial charge in [-0.25, -0.2) is 6.57 Å². The van der Waals surface area contributed by atoms with Gasteiger partial charge in [-0.05, 0) is 24.7 Å². The first-order chi connectivity index (χ1) is 5.31. The minimum Gasteiger partial charge on any atom is -0.314 e. The average Bonchev–Trinajstić information content (AvgIpc) is 2.62. The van der Waals surface area contributed by atoms with Crippen LogP contribution in [0.3, 0.4) is 0 Å². The number of fused-ring (bicyclic) bond motifs is 2. The van der Waals surface area contributed by atoms with E-state index in [0.29, 0.717) is 5.92 Å². The molecule has 58 valence electrons. The second-order valence-electron chi connectivity index (χ2n) is 3.81. The van der Waals surface area contributed by atoms with Gasteiger partial charge in [-0.2, -0.15) is 0 Å². The van der Waals surface area contributed by atoms with Crippen molar-refractivity contribution in [3.05, 3.63) is 23.6 Å². The van der Waals surface area contributed by atoms with Gasteiger partial charge in [0.1, 0.15) is 0 Å². The zero-order chi connectivity index (χ0) is 7.84. The highest BCUT2D eigenvalue weighted by molar-refractivity contribution is 5.12. The molecule has 4 atom stereocenters. The fourth-order valence-electron chi connectivity index (χ4n) is 2.47. The molecule has 4 unspecified atom stereocenters. The van der Waals surface area contributed by atoms with Crippen LogP contribution in [-0.4, -0.2) is 6.04 Å². The van der Waals surface area contributed by atoms with Gasteiger partial charge in [0.2, 0.25) is 6.04 Å². The van der Waals surface area contributed by atoms with Crippen molar-refractivity contribution in [2.24, 2.45) is 17.8 Å². The SMILES string of the molecule is [C-]#[N+]C(C)C1CC2C=CC1C2. The number of hydrogen-bond donors (Lipinski definition) is 0. The smallest absolute Gasteiger partial charge is 0.224 e. The van der Waals surface area contributed by atoms with Crippen LogP contribution in [0.4, 0.5) is 0 Å². The summed E-state index contributed by atoms with van der Waals surface area (Å²) in [6.07, 6.45) is 7.24. The van der Waals surface area contributed by atoms with Gasteiger partial charge in [-0.3, -0.25) is 0 Å². The average molecular weight is 147 g/mol. The van der Waals surface area contributed by atoms with Crippen molar-refractivity contribution in [3.8, 4) is 0 Å². The maximum Gasteiger partial charge on any atom is 0.224 e. The maximum atomic E-state index is 6.95. The normalized spacial score (nSPS) is 42.4. The molecule has 0 saturated heterocycles. The molecule has 0 radical (unpaired) electrons. The largest absolute Gasteiger partial charge is 0.314 e. The third kappa shape index (κ3) is 0.976. The van der Waals surface area contributed by atoms with Crippen LogP contribution in [0.2, 0.25) is 0 Å². The van der Waals surface area contributed by atoms with Gasteiger partial charge in [-0.1, -0.05) is 12.2 Å². The van der Waals surface area contributed by atoms with Gasteiger partial charge >= 0.3 is 0 Å². The Balaban J connectivity index is 2.10. The molecule has 0 aliphatic heterocycles. The zero-order valence-electron chi connectivity index (χ0n) is 6.83. The summed E-state index contributed by atoms with van der Waals surface area (Å²) in [6, 6.07) is 0.245. The van der Waals surface area contributed by atoms with Crippen LogP contribution in [0.25, 0.3) is 4.85 Å². The minimum atomic E-state index is 0.245. The highest BCUT2D eigenvalue weighted by atomic mass is 14.7. The fraction of sp³-hybridized carbons (Fsp3) is 0.700. The summed E-state index contributed by atoms with van der Waals surface area (Å²) >= 11 is 0. The van der Waals surface area contributed by atoms with Gasteiger partial charge in [0.15, 0.2) is 0 Å². The lowest BCUT2D eigenvalue weighted by atomic mass is 9.88. The predicted molar refractivity (Wildman–Crippen MR) is 44.9 cm³/mol. The molecule has 1 heteroatoms. The topological polar surface area (TPSA) is 4.36 Å². The Kier molecular flexibility index (Phi) is 1.49. The van der Waals surface area contributed by atoms with Crippen molar-refractivity contribution in [2.45, 2.75) is 25.8 Å². The van der Waals surface area contributed by atoms with Gasteiger partial charge in [-0.15, -0.1) is 0 Å². The number of rotatable bonds is 1. The summed E-state index contributed by atoms with van der Waals surface area (Å²) in [5.41, 5.74) is 0. The summed E-state index contributed by atoms with van der Waals surface area (Å²) in [7, 11) is 0. The third-order valence-electron chi connectivity index (χ3n) is 3.15. The summed E-state index contributed by atoms with van der Waals surface area (Å²) in [4.78, 5) is 3.61. The van der Waals surface area contributed by atoms with Crippen LogP contribution >= 0.6 is 0 Å². The van der Waals surface area contributed by atoms with E-state index in [1.165, 1.54) is 12.8 Å². The summed E-state index contributed by atoms with van der Waals surface area (Å²) in [5.74, 6) is 2.22. The predicted octanol–water partition coefficient (Wildman–Crippen LogP) is 2.51. The van der Waals surface area contributed by atoms with E-state index in [1.807, 2.05) is 0 Å². The van der Waals surface area contributed by atoms with Crippen molar-refractivity contribution >= 4 is 0 Å². The number of hydrogen-bond acceptors (Lipinski definition) is 0. The molecule has 0 spiro atoms. The summed E-state index contributed by atoms with van der Waals surface area (Å²) in [5, 5.41) is 0. The molecule has 1 fully saturated rings. The summed E-state index contributed by atoms with van der Waals surface area (Å²) < 4.78 is 0. The quantitative estimate of drug-likeness (QED) is 0.396. The van der Waals surface area contributed by atoms with Gasteiger partial charge in [0, 0.05) is 12.8 Å². The van der Waals surface area contributed by atoms with Crippen LogP contribution in [0, 0.1) is 24.3 Å². The van der Waals surface area contributed by atoms with Crippen LogP contribution < -0.4 is 0 Å². The molecular formula is C10H13N. The molecule has 2 aliphatic rings. The Bertz CT molecular complexity index is 224. The van der Waals surface area contributed by atoms with Crippen LogP contribution in [0.1, 0.15) is 19.8 Å². The van der Waals surface area contributed by atoms with Crippen molar-refractivity contribution in [2.75, 3.05) is 0 Å². The summed E-state index contributed by atoms with van der Waals surface area (Å²) in [6.45, 7) is 9.02. The highest BCUT2D eigenvalue weighted by Crippen LogP contribution is 2.45. The highest BCUT2D eigenvalue weighted by Gasteiger charge is 2.40. The third-order valence-corrected chi connectivity index (χ3v) is 3.15.